The molecule has 0 aliphatic carbocycles. The number of rotatable bonds is 10. The molecule has 0 aromatic heterocycles. The van der Waals surface area contributed by atoms with Crippen LogP contribution in [-0.2, 0) is 4.74 Å². The summed E-state index contributed by atoms with van der Waals surface area (Å²) in [5, 5.41) is 0. The van der Waals surface area contributed by atoms with Crippen LogP contribution in [0.3, 0.4) is 0 Å². The molecule has 0 aliphatic rings. The molecule has 2 aromatic rings. The van der Waals surface area contributed by atoms with Gasteiger partial charge < -0.3 is 14.2 Å². The second kappa shape index (κ2) is 11.6. The molecule has 0 unspecified atom stereocenters. The predicted molar refractivity (Wildman–Crippen MR) is 106 cm³/mol. The van der Waals surface area contributed by atoms with E-state index in [1.54, 1.807) is 48.5 Å². The first-order valence-corrected chi connectivity index (χ1v) is 9.29. The molecule has 0 fully saturated rings. The van der Waals surface area contributed by atoms with Crippen molar-refractivity contribution in [3.8, 4) is 11.5 Å². The van der Waals surface area contributed by atoms with E-state index >= 15 is 0 Å². The Morgan fingerprint density at radius 1 is 0.750 bits per heavy atom. The molecule has 2 N–H and O–H groups in total. The van der Waals surface area contributed by atoms with Crippen LogP contribution in [0.15, 0.2) is 48.5 Å². The number of hydrogen-bond acceptors (Lipinski definition) is 5. The molecule has 2 rings (SSSR count). The van der Waals surface area contributed by atoms with Gasteiger partial charge in [0.05, 0.1) is 24.3 Å². The van der Waals surface area contributed by atoms with Gasteiger partial charge in [0.2, 0.25) is 0 Å². The Morgan fingerprint density at radius 3 is 1.75 bits per heavy atom. The predicted octanol–water partition coefficient (Wildman–Crippen LogP) is 2.97. The lowest BCUT2D eigenvalue weighted by atomic mass is 10.2. The van der Waals surface area contributed by atoms with Gasteiger partial charge in [-0.1, -0.05) is 31.2 Å². The highest BCUT2D eigenvalue weighted by molar-refractivity contribution is 6.01. The Labute approximate surface area is 165 Å². The topological polar surface area (TPSA) is 85.9 Å². The molecule has 2 aromatic carbocycles. The lowest BCUT2D eigenvalue weighted by molar-refractivity contribution is 0.0838. The van der Waals surface area contributed by atoms with Crippen molar-refractivity contribution in [2.24, 2.45) is 0 Å². The van der Waals surface area contributed by atoms with Gasteiger partial charge in [-0.25, -0.2) is 0 Å². The number of hydrazine groups is 1. The first-order valence-electron chi connectivity index (χ1n) is 9.29. The number of carbonyl (C=O) groups excluding carboxylic acids is 2. The summed E-state index contributed by atoms with van der Waals surface area (Å²) < 4.78 is 16.4. The minimum atomic E-state index is -0.479. The van der Waals surface area contributed by atoms with E-state index in [0.29, 0.717) is 49.1 Å². The maximum atomic E-state index is 12.5. The van der Waals surface area contributed by atoms with Crippen LogP contribution in [0.1, 0.15) is 41.0 Å². The molecular weight excluding hydrogens is 360 g/mol. The van der Waals surface area contributed by atoms with Gasteiger partial charge in [0, 0.05) is 6.61 Å². The quantitative estimate of drug-likeness (QED) is 0.484. The zero-order chi connectivity index (χ0) is 20.2. The molecule has 7 nitrogen and oxygen atoms in total. The van der Waals surface area contributed by atoms with E-state index in [1.165, 1.54) is 0 Å². The molecule has 7 heteroatoms. The number of carbonyl (C=O) groups is 2. The smallest absolute Gasteiger partial charge is 0.273 e. The van der Waals surface area contributed by atoms with Gasteiger partial charge in [0.25, 0.3) is 11.8 Å². The lowest BCUT2D eigenvalue weighted by Crippen LogP contribution is -2.41. The maximum Gasteiger partial charge on any atom is 0.273 e. The Kier molecular flexibility index (Phi) is 8.81. The van der Waals surface area contributed by atoms with E-state index in [0.717, 1.165) is 6.42 Å². The standard InChI is InChI=1S/C21H26N2O5/c1-3-13-27-18-11-7-5-9-16(18)20(24)22-23-21(25)17-10-6-8-12-19(17)28-15-14-26-4-2/h5-12H,3-4,13-15H2,1-2H3,(H,22,24)(H,23,25). The molecule has 0 spiro atoms. The molecule has 0 radical (unpaired) electrons. The molecule has 0 heterocycles. The first-order chi connectivity index (χ1) is 13.7. The Bertz CT molecular complexity index is 779. The van der Waals surface area contributed by atoms with Crippen LogP contribution in [0.5, 0.6) is 11.5 Å². The molecule has 0 saturated heterocycles. The lowest BCUT2D eigenvalue weighted by Gasteiger charge is -2.13. The first kappa shape index (κ1) is 21.2. The second-order valence-corrected chi connectivity index (χ2v) is 5.79. The van der Waals surface area contributed by atoms with Crippen LogP contribution in [-0.4, -0.2) is 38.2 Å². The normalized spacial score (nSPS) is 10.2. The monoisotopic (exact) mass is 386 g/mol. The third-order valence-corrected chi connectivity index (χ3v) is 3.70. The van der Waals surface area contributed by atoms with Crippen molar-refractivity contribution >= 4 is 11.8 Å². The van der Waals surface area contributed by atoms with Crippen LogP contribution in [0, 0.1) is 0 Å². The summed E-state index contributed by atoms with van der Waals surface area (Å²) in [4.78, 5) is 24.9. The summed E-state index contributed by atoms with van der Waals surface area (Å²) in [7, 11) is 0. The highest BCUT2D eigenvalue weighted by atomic mass is 16.5. The molecule has 0 aliphatic heterocycles. The number of ether oxygens (including phenoxy) is 3. The SMILES string of the molecule is CCCOc1ccccc1C(=O)NNC(=O)c1ccccc1OCCOCC. The van der Waals surface area contributed by atoms with Gasteiger partial charge in [0.15, 0.2) is 0 Å². The molecule has 0 atom stereocenters. The van der Waals surface area contributed by atoms with E-state index in [9.17, 15) is 9.59 Å². The van der Waals surface area contributed by atoms with E-state index in [4.69, 9.17) is 14.2 Å². The molecular formula is C21H26N2O5. The molecule has 0 saturated carbocycles. The number of nitrogens with one attached hydrogen (secondary N) is 2. The van der Waals surface area contributed by atoms with Crippen LogP contribution < -0.4 is 20.3 Å². The van der Waals surface area contributed by atoms with E-state index in [2.05, 4.69) is 10.9 Å². The van der Waals surface area contributed by atoms with Gasteiger partial charge >= 0.3 is 0 Å². The molecule has 2 amide bonds. The fraction of sp³-hybridized carbons (Fsp3) is 0.333. The van der Waals surface area contributed by atoms with E-state index in [-0.39, 0.29) is 0 Å². The Hall–Kier alpha value is -3.06. The molecule has 28 heavy (non-hydrogen) atoms. The summed E-state index contributed by atoms with van der Waals surface area (Å²) in [5.41, 5.74) is 5.50. The number of hydrogen-bond donors (Lipinski definition) is 2. The minimum Gasteiger partial charge on any atom is -0.493 e. The van der Waals surface area contributed by atoms with Crippen LogP contribution in [0.2, 0.25) is 0 Å². The van der Waals surface area contributed by atoms with E-state index < -0.39 is 11.8 Å². The highest BCUT2D eigenvalue weighted by Crippen LogP contribution is 2.19. The van der Waals surface area contributed by atoms with Crippen molar-refractivity contribution in [3.63, 3.8) is 0 Å². The fourth-order valence-corrected chi connectivity index (χ4v) is 2.38. The summed E-state index contributed by atoms with van der Waals surface area (Å²) in [6.45, 7) is 5.74. The van der Waals surface area contributed by atoms with Crippen LogP contribution >= 0.6 is 0 Å². The molecule has 0 bridgehead atoms. The maximum absolute atomic E-state index is 12.5. The fourth-order valence-electron chi connectivity index (χ4n) is 2.38. The largest absolute Gasteiger partial charge is 0.493 e. The highest BCUT2D eigenvalue weighted by Gasteiger charge is 2.16. The van der Waals surface area contributed by atoms with Crippen molar-refractivity contribution in [3.05, 3.63) is 59.7 Å². The van der Waals surface area contributed by atoms with Gasteiger partial charge in [-0.05, 0) is 37.6 Å². The van der Waals surface area contributed by atoms with Crippen molar-refractivity contribution in [1.29, 1.82) is 0 Å². The average molecular weight is 386 g/mol. The minimum absolute atomic E-state index is 0.315. The van der Waals surface area contributed by atoms with Gasteiger partial charge in [-0.3, -0.25) is 20.4 Å². The van der Waals surface area contributed by atoms with Crippen LogP contribution in [0.25, 0.3) is 0 Å². The van der Waals surface area contributed by atoms with Crippen molar-refractivity contribution in [2.45, 2.75) is 20.3 Å². The van der Waals surface area contributed by atoms with Crippen LogP contribution in [0.4, 0.5) is 0 Å². The summed E-state index contributed by atoms with van der Waals surface area (Å²) >= 11 is 0. The average Bonchev–Trinajstić information content (AvgIpc) is 2.74. The summed E-state index contributed by atoms with van der Waals surface area (Å²) in [5.74, 6) is -0.0569. The zero-order valence-electron chi connectivity index (χ0n) is 16.2. The second-order valence-electron chi connectivity index (χ2n) is 5.79. The van der Waals surface area contributed by atoms with Gasteiger partial charge in [-0.15, -0.1) is 0 Å². The molecule has 150 valence electrons. The third kappa shape index (κ3) is 6.28. The Morgan fingerprint density at radius 2 is 1.25 bits per heavy atom. The van der Waals surface area contributed by atoms with Crippen molar-refractivity contribution in [1.82, 2.24) is 10.9 Å². The summed E-state index contributed by atoms with van der Waals surface area (Å²) in [6.07, 6.45) is 0.826. The summed E-state index contributed by atoms with van der Waals surface area (Å²) in [6, 6.07) is 13.7. The third-order valence-electron chi connectivity index (χ3n) is 3.70. The van der Waals surface area contributed by atoms with Gasteiger partial charge in [0.1, 0.15) is 18.1 Å². The van der Waals surface area contributed by atoms with E-state index in [1.807, 2.05) is 13.8 Å². The van der Waals surface area contributed by atoms with Crippen molar-refractivity contribution < 1.29 is 23.8 Å². The Balaban J connectivity index is 1.98. The number of para-hydroxylation sites is 2. The van der Waals surface area contributed by atoms with Gasteiger partial charge in [-0.2, -0.15) is 0 Å². The number of amides is 2. The zero-order valence-corrected chi connectivity index (χ0v) is 16.2. The van der Waals surface area contributed by atoms with Crippen molar-refractivity contribution in [2.75, 3.05) is 26.4 Å². The number of benzene rings is 2.